The number of para-hydroxylation sites is 1. The maximum Gasteiger partial charge on any atom is 0.323 e. The average molecular weight is 462 g/mol. The molecule has 2 heterocycles. The third kappa shape index (κ3) is 5.32. The van der Waals surface area contributed by atoms with E-state index in [1.807, 2.05) is 6.07 Å². The van der Waals surface area contributed by atoms with Gasteiger partial charge in [-0.25, -0.2) is 0 Å². The van der Waals surface area contributed by atoms with E-state index in [2.05, 4.69) is 41.0 Å². The van der Waals surface area contributed by atoms with E-state index in [1.165, 1.54) is 16.1 Å². The molecule has 3 aromatic rings. The number of fused-ring (bicyclic) bond motifs is 1. The molecular formula is C27H27NO4S. The van der Waals surface area contributed by atoms with Crippen molar-refractivity contribution in [2.24, 2.45) is 0 Å². The lowest BCUT2D eigenvalue weighted by Gasteiger charge is -2.32. The highest BCUT2D eigenvalue weighted by Crippen LogP contribution is 2.37. The zero-order chi connectivity index (χ0) is 23.2. The number of carboxylic acids is 1. The van der Waals surface area contributed by atoms with Gasteiger partial charge in [0.2, 0.25) is 0 Å². The van der Waals surface area contributed by atoms with Gasteiger partial charge in [0.25, 0.3) is 0 Å². The first-order valence-electron chi connectivity index (χ1n) is 10.9. The normalized spacial score (nSPS) is 13.5. The Labute approximate surface area is 198 Å². The fourth-order valence-electron chi connectivity index (χ4n) is 4.14. The van der Waals surface area contributed by atoms with Gasteiger partial charge in [-0.1, -0.05) is 30.2 Å². The number of thiophene rings is 1. The van der Waals surface area contributed by atoms with Crippen molar-refractivity contribution in [3.63, 3.8) is 0 Å². The highest BCUT2D eigenvalue weighted by molar-refractivity contribution is 7.11. The Bertz CT molecular complexity index is 1160. The summed E-state index contributed by atoms with van der Waals surface area (Å²) in [5.41, 5.74) is 3.21. The van der Waals surface area contributed by atoms with Gasteiger partial charge in [0.05, 0.1) is 19.3 Å². The monoisotopic (exact) mass is 461 g/mol. The smallest absolute Gasteiger partial charge is 0.323 e. The number of hydrogen-bond acceptors (Lipinski definition) is 5. The molecule has 1 atom stereocenters. The molecule has 170 valence electrons. The molecule has 0 saturated heterocycles. The van der Waals surface area contributed by atoms with Crippen LogP contribution in [0.15, 0.2) is 54.6 Å². The first-order chi connectivity index (χ1) is 16.1. The molecule has 1 aliphatic rings. The molecular weight excluding hydrogens is 434 g/mol. The minimum absolute atomic E-state index is 0.473. The lowest BCUT2D eigenvalue weighted by atomic mass is 10.00. The molecule has 1 aromatic heterocycles. The Morgan fingerprint density at radius 2 is 1.94 bits per heavy atom. The highest BCUT2D eigenvalue weighted by Gasteiger charge is 2.21. The molecule has 5 nitrogen and oxygen atoms in total. The molecule has 4 rings (SSSR count). The summed E-state index contributed by atoms with van der Waals surface area (Å²) >= 11 is 1.75. The third-order valence-electron chi connectivity index (χ3n) is 5.69. The molecule has 0 radical (unpaired) electrons. The summed E-state index contributed by atoms with van der Waals surface area (Å²) in [5, 5.41) is 9.34. The summed E-state index contributed by atoms with van der Waals surface area (Å²) in [5.74, 6) is 5.28. The molecule has 1 N–H and O–H groups in total. The number of aliphatic carboxylic acids is 1. The largest absolute Gasteiger partial charge is 0.495 e. The van der Waals surface area contributed by atoms with E-state index in [9.17, 15) is 9.90 Å². The van der Waals surface area contributed by atoms with Crippen molar-refractivity contribution in [3.8, 4) is 23.3 Å². The molecule has 33 heavy (non-hydrogen) atoms. The van der Waals surface area contributed by atoms with Crippen LogP contribution in [-0.2, 0) is 24.4 Å². The van der Waals surface area contributed by atoms with Crippen LogP contribution in [0.25, 0.3) is 0 Å². The lowest BCUT2D eigenvalue weighted by molar-refractivity contribution is -0.137. The molecule has 1 unspecified atom stereocenters. The van der Waals surface area contributed by atoms with Crippen LogP contribution in [0.1, 0.15) is 40.1 Å². The van der Waals surface area contributed by atoms with Crippen LogP contribution in [0.3, 0.4) is 0 Å². The Balaban J connectivity index is 1.39. The van der Waals surface area contributed by atoms with Gasteiger partial charge in [-0.2, -0.15) is 0 Å². The minimum Gasteiger partial charge on any atom is -0.495 e. The maximum atomic E-state index is 11.4. The number of hydrogen-bond donors (Lipinski definition) is 1. The van der Waals surface area contributed by atoms with E-state index in [0.717, 1.165) is 36.6 Å². The van der Waals surface area contributed by atoms with Gasteiger partial charge < -0.3 is 19.5 Å². The van der Waals surface area contributed by atoms with Crippen LogP contribution >= 0.6 is 11.3 Å². The standard InChI is InChI=1S/C27H27NO4S/c1-3-6-24(27(29)30)19-10-12-21(13-11-19)32-18-23-15-14-22(33-23)17-28-16-5-8-20-7-4-9-25(31-2)26(20)28/h4,7,9-15,24H,5,8,16-18H2,1-2H3,(H,29,30). The summed E-state index contributed by atoms with van der Waals surface area (Å²) in [7, 11) is 1.73. The second-order valence-corrected chi connectivity index (χ2v) is 9.14. The van der Waals surface area contributed by atoms with Gasteiger partial charge in [0.1, 0.15) is 24.0 Å². The molecule has 0 amide bonds. The molecule has 1 aliphatic heterocycles. The van der Waals surface area contributed by atoms with Crippen LogP contribution in [-0.4, -0.2) is 24.7 Å². The number of benzene rings is 2. The van der Waals surface area contributed by atoms with Crippen LogP contribution in [0, 0.1) is 11.8 Å². The first kappa shape index (κ1) is 22.8. The van der Waals surface area contributed by atoms with Gasteiger partial charge in [-0.05, 0) is 61.2 Å². The third-order valence-corrected chi connectivity index (χ3v) is 6.73. The van der Waals surface area contributed by atoms with Crippen LogP contribution < -0.4 is 14.4 Å². The van der Waals surface area contributed by atoms with E-state index in [1.54, 1.807) is 49.6 Å². The van der Waals surface area contributed by atoms with Crippen molar-refractivity contribution in [2.45, 2.75) is 38.8 Å². The molecule has 0 fully saturated rings. The second kappa shape index (κ2) is 10.5. The van der Waals surface area contributed by atoms with Gasteiger partial charge in [-0.3, -0.25) is 4.79 Å². The average Bonchev–Trinajstić information content (AvgIpc) is 3.28. The summed E-state index contributed by atoms with van der Waals surface area (Å²) in [6.07, 6.45) is 2.23. The number of ether oxygens (including phenoxy) is 2. The number of nitrogens with zero attached hydrogens (tertiary/aromatic N) is 1. The predicted molar refractivity (Wildman–Crippen MR) is 131 cm³/mol. The Kier molecular flexibility index (Phi) is 7.21. The molecule has 0 aliphatic carbocycles. The number of anilines is 1. The van der Waals surface area contributed by atoms with E-state index < -0.39 is 11.9 Å². The molecule has 0 bridgehead atoms. The van der Waals surface area contributed by atoms with E-state index in [-0.39, 0.29) is 0 Å². The van der Waals surface area contributed by atoms with Crippen molar-refractivity contribution < 1.29 is 19.4 Å². The maximum absolute atomic E-state index is 11.4. The summed E-state index contributed by atoms with van der Waals surface area (Å²) in [6.45, 7) is 3.98. The first-order valence-corrected chi connectivity index (χ1v) is 11.8. The van der Waals surface area contributed by atoms with E-state index >= 15 is 0 Å². The zero-order valence-electron chi connectivity index (χ0n) is 18.8. The van der Waals surface area contributed by atoms with Crippen molar-refractivity contribution in [1.82, 2.24) is 0 Å². The predicted octanol–water partition coefficient (Wildman–Crippen LogP) is 5.48. The van der Waals surface area contributed by atoms with Crippen LogP contribution in [0.4, 0.5) is 5.69 Å². The zero-order valence-corrected chi connectivity index (χ0v) is 19.7. The number of carboxylic acid groups (broad SMARTS) is 1. The molecule has 0 spiro atoms. The Morgan fingerprint density at radius 1 is 1.15 bits per heavy atom. The second-order valence-electron chi connectivity index (χ2n) is 7.88. The highest BCUT2D eigenvalue weighted by atomic mass is 32.1. The van der Waals surface area contributed by atoms with E-state index in [4.69, 9.17) is 9.47 Å². The summed E-state index contributed by atoms with van der Waals surface area (Å²) in [6, 6.07) is 17.7. The van der Waals surface area contributed by atoms with Gasteiger partial charge in [0.15, 0.2) is 0 Å². The Morgan fingerprint density at radius 3 is 2.67 bits per heavy atom. The topological polar surface area (TPSA) is 59.0 Å². The summed E-state index contributed by atoms with van der Waals surface area (Å²) < 4.78 is 11.6. The lowest BCUT2D eigenvalue weighted by Crippen LogP contribution is -2.28. The van der Waals surface area contributed by atoms with E-state index in [0.29, 0.717) is 17.9 Å². The number of rotatable bonds is 8. The molecule has 0 saturated carbocycles. The molecule has 2 aromatic carbocycles. The number of methoxy groups -OCH3 is 1. The van der Waals surface area contributed by atoms with Crippen molar-refractivity contribution in [2.75, 3.05) is 18.6 Å². The fraction of sp³-hybridized carbons (Fsp3) is 0.296. The van der Waals surface area contributed by atoms with Gasteiger partial charge in [0, 0.05) is 16.3 Å². The van der Waals surface area contributed by atoms with Gasteiger partial charge in [-0.15, -0.1) is 17.3 Å². The number of aryl methyl sites for hydroxylation is 1. The molecule has 6 heteroatoms. The van der Waals surface area contributed by atoms with Crippen LogP contribution in [0.5, 0.6) is 11.5 Å². The van der Waals surface area contributed by atoms with Crippen molar-refractivity contribution in [1.29, 1.82) is 0 Å². The number of carbonyl (C=O) groups is 1. The van der Waals surface area contributed by atoms with Gasteiger partial charge >= 0.3 is 5.97 Å². The van der Waals surface area contributed by atoms with Crippen molar-refractivity contribution in [3.05, 3.63) is 75.5 Å². The summed E-state index contributed by atoms with van der Waals surface area (Å²) in [4.78, 5) is 16.2. The fourth-order valence-corrected chi connectivity index (χ4v) is 5.09. The minimum atomic E-state index is -0.946. The quantitative estimate of drug-likeness (QED) is 0.450. The Hall–Kier alpha value is -3.43. The SMILES string of the molecule is CC#CC(C(=O)O)c1ccc(OCc2ccc(CN3CCCc4cccc(OC)c43)s2)cc1. The van der Waals surface area contributed by atoms with Crippen molar-refractivity contribution >= 4 is 23.0 Å². The van der Waals surface area contributed by atoms with Crippen LogP contribution in [0.2, 0.25) is 0 Å².